The van der Waals surface area contributed by atoms with E-state index in [9.17, 15) is 0 Å². The van der Waals surface area contributed by atoms with Crippen molar-refractivity contribution in [2.75, 3.05) is 7.05 Å². The van der Waals surface area contributed by atoms with E-state index in [-0.39, 0.29) is 7.43 Å². The SMILES string of the molecule is C.CC(C)C.CNC(C)(C)C. The first-order chi connectivity index (χ1) is 4.29. The van der Waals surface area contributed by atoms with Crippen LogP contribution in [0.25, 0.3) is 0 Å². The van der Waals surface area contributed by atoms with Crippen molar-refractivity contribution < 1.29 is 0 Å². The minimum absolute atomic E-state index is 0. The number of nitrogens with one attached hydrogen (secondary N) is 1. The molecule has 0 rings (SSSR count). The third-order valence-corrected chi connectivity index (χ3v) is 0.750. The molecule has 0 saturated heterocycles. The van der Waals surface area contributed by atoms with Crippen LogP contribution in [0.4, 0.5) is 0 Å². The van der Waals surface area contributed by atoms with Gasteiger partial charge in [-0.3, -0.25) is 0 Å². The van der Waals surface area contributed by atoms with Gasteiger partial charge in [0.15, 0.2) is 0 Å². The summed E-state index contributed by atoms with van der Waals surface area (Å²) < 4.78 is 0. The fourth-order valence-electron chi connectivity index (χ4n) is 0. The summed E-state index contributed by atoms with van der Waals surface area (Å²) in [6, 6.07) is 0. The Bertz CT molecular complexity index is 57.0. The fourth-order valence-corrected chi connectivity index (χ4v) is 0. The lowest BCUT2D eigenvalue weighted by atomic mass is 10.1. The van der Waals surface area contributed by atoms with E-state index in [4.69, 9.17) is 0 Å². The third kappa shape index (κ3) is 72.0. The van der Waals surface area contributed by atoms with Crippen LogP contribution in [-0.4, -0.2) is 12.6 Å². The lowest BCUT2D eigenvalue weighted by Crippen LogP contribution is -2.31. The maximum absolute atomic E-state index is 3.10. The van der Waals surface area contributed by atoms with Gasteiger partial charge in [0, 0.05) is 5.54 Å². The van der Waals surface area contributed by atoms with Crippen LogP contribution in [-0.2, 0) is 0 Å². The Morgan fingerprint density at radius 2 is 1.09 bits per heavy atom. The molecule has 11 heavy (non-hydrogen) atoms. The summed E-state index contributed by atoms with van der Waals surface area (Å²) in [6.07, 6.45) is 0. The van der Waals surface area contributed by atoms with Crippen LogP contribution < -0.4 is 5.32 Å². The number of hydrogen-bond acceptors (Lipinski definition) is 1. The normalized spacial score (nSPS) is 9.82. The third-order valence-electron chi connectivity index (χ3n) is 0.750. The molecular formula is C10H27N. The Balaban J connectivity index is -0.000000114. The van der Waals surface area contributed by atoms with Crippen molar-refractivity contribution in [1.29, 1.82) is 0 Å². The predicted octanol–water partition coefficient (Wildman–Crippen LogP) is 3.30. The molecule has 0 aromatic heterocycles. The maximum atomic E-state index is 3.10. The molecule has 0 aromatic rings. The fraction of sp³-hybridized carbons (Fsp3) is 1.00. The average Bonchev–Trinajstić information content (AvgIpc) is 1.63. The van der Waals surface area contributed by atoms with Crippen LogP contribution >= 0.6 is 0 Å². The highest BCUT2D eigenvalue weighted by Crippen LogP contribution is 1.93. The quantitative estimate of drug-likeness (QED) is 0.575. The van der Waals surface area contributed by atoms with Crippen molar-refractivity contribution in [3.63, 3.8) is 0 Å². The number of rotatable bonds is 0. The highest BCUT2D eigenvalue weighted by molar-refractivity contribution is 4.65. The molecule has 0 bridgehead atoms. The first-order valence-electron chi connectivity index (χ1n) is 3.98. The first kappa shape index (κ1) is 17.2. The summed E-state index contributed by atoms with van der Waals surface area (Å²) in [7, 11) is 1.96. The van der Waals surface area contributed by atoms with E-state index in [0.29, 0.717) is 5.54 Å². The molecule has 0 saturated carbocycles. The average molecular weight is 161 g/mol. The van der Waals surface area contributed by atoms with Crippen molar-refractivity contribution in [1.82, 2.24) is 5.32 Å². The van der Waals surface area contributed by atoms with Crippen LogP contribution in [0, 0.1) is 5.92 Å². The lowest BCUT2D eigenvalue weighted by molar-refractivity contribution is 0.469. The van der Waals surface area contributed by atoms with Crippen LogP contribution in [0.3, 0.4) is 0 Å². The zero-order valence-electron chi connectivity index (χ0n) is 8.58. The summed E-state index contributed by atoms with van der Waals surface area (Å²) in [5, 5.41) is 3.10. The van der Waals surface area contributed by atoms with E-state index in [1.54, 1.807) is 0 Å². The molecule has 1 nitrogen and oxygen atoms in total. The Morgan fingerprint density at radius 1 is 1.00 bits per heavy atom. The van der Waals surface area contributed by atoms with Crippen LogP contribution in [0.2, 0.25) is 0 Å². The standard InChI is InChI=1S/C5H13N.C4H10.CH4/c1-5(2,3)6-4;1-4(2)3;/h6H,1-4H3;4H,1-3H3;1H4. The van der Waals surface area contributed by atoms with E-state index in [1.165, 1.54) is 0 Å². The van der Waals surface area contributed by atoms with Crippen molar-refractivity contribution in [2.24, 2.45) is 5.92 Å². The molecule has 1 heteroatoms. The van der Waals surface area contributed by atoms with Gasteiger partial charge in [-0.05, 0) is 33.7 Å². The predicted molar refractivity (Wildman–Crippen MR) is 56.1 cm³/mol. The molecule has 0 aliphatic heterocycles. The molecule has 0 aromatic carbocycles. The van der Waals surface area contributed by atoms with E-state index in [0.717, 1.165) is 5.92 Å². The van der Waals surface area contributed by atoms with Gasteiger partial charge < -0.3 is 5.32 Å². The summed E-state index contributed by atoms with van der Waals surface area (Å²) in [5.74, 6) is 0.833. The van der Waals surface area contributed by atoms with Gasteiger partial charge in [-0.1, -0.05) is 28.2 Å². The molecule has 0 radical (unpaired) electrons. The Kier molecular flexibility index (Phi) is 12.6. The molecule has 0 unspecified atom stereocenters. The van der Waals surface area contributed by atoms with Crippen molar-refractivity contribution in [3.05, 3.63) is 0 Å². The summed E-state index contributed by atoms with van der Waals surface area (Å²) in [4.78, 5) is 0. The van der Waals surface area contributed by atoms with Gasteiger partial charge in [-0.15, -0.1) is 0 Å². The smallest absolute Gasteiger partial charge is 0.00935 e. The second-order valence-electron chi connectivity index (χ2n) is 4.23. The molecule has 0 spiro atoms. The summed E-state index contributed by atoms with van der Waals surface area (Å²) >= 11 is 0. The summed E-state index contributed by atoms with van der Waals surface area (Å²) in [5.41, 5.74) is 0.292. The highest BCUT2D eigenvalue weighted by Gasteiger charge is 2.01. The topological polar surface area (TPSA) is 12.0 Å². The lowest BCUT2D eigenvalue weighted by Gasteiger charge is -2.15. The molecule has 0 aliphatic carbocycles. The van der Waals surface area contributed by atoms with Gasteiger partial charge in [0.1, 0.15) is 0 Å². The van der Waals surface area contributed by atoms with Gasteiger partial charge in [0.2, 0.25) is 0 Å². The van der Waals surface area contributed by atoms with Crippen LogP contribution in [0.5, 0.6) is 0 Å². The first-order valence-corrected chi connectivity index (χ1v) is 3.98. The van der Waals surface area contributed by atoms with Gasteiger partial charge in [-0.25, -0.2) is 0 Å². The number of hydrogen-bond donors (Lipinski definition) is 1. The molecule has 0 heterocycles. The molecule has 0 fully saturated rings. The van der Waals surface area contributed by atoms with Gasteiger partial charge >= 0.3 is 0 Å². The zero-order chi connectivity index (χ0) is 8.78. The monoisotopic (exact) mass is 161 g/mol. The Morgan fingerprint density at radius 3 is 1.09 bits per heavy atom. The molecule has 0 amide bonds. The van der Waals surface area contributed by atoms with E-state index in [2.05, 4.69) is 46.9 Å². The van der Waals surface area contributed by atoms with Gasteiger partial charge in [-0.2, -0.15) is 0 Å². The Hall–Kier alpha value is -0.0400. The molecule has 72 valence electrons. The Labute approximate surface area is 73.6 Å². The minimum atomic E-state index is 0. The highest BCUT2D eigenvalue weighted by atomic mass is 14.9. The largest absolute Gasteiger partial charge is 0.315 e. The van der Waals surface area contributed by atoms with Crippen LogP contribution in [0.1, 0.15) is 49.0 Å². The van der Waals surface area contributed by atoms with E-state index >= 15 is 0 Å². The van der Waals surface area contributed by atoms with Crippen molar-refractivity contribution >= 4 is 0 Å². The molecule has 1 N–H and O–H groups in total. The van der Waals surface area contributed by atoms with Crippen molar-refractivity contribution in [2.45, 2.75) is 54.5 Å². The summed E-state index contributed by atoms with van der Waals surface area (Å²) in [6.45, 7) is 12.9. The molecular weight excluding hydrogens is 134 g/mol. The second-order valence-corrected chi connectivity index (χ2v) is 4.23. The maximum Gasteiger partial charge on any atom is 0.00935 e. The zero-order valence-corrected chi connectivity index (χ0v) is 8.58. The van der Waals surface area contributed by atoms with Crippen molar-refractivity contribution in [3.8, 4) is 0 Å². The van der Waals surface area contributed by atoms with Gasteiger partial charge in [0.05, 0.1) is 0 Å². The van der Waals surface area contributed by atoms with Gasteiger partial charge in [0.25, 0.3) is 0 Å². The minimum Gasteiger partial charge on any atom is -0.315 e. The second kappa shape index (κ2) is 8.06. The van der Waals surface area contributed by atoms with Crippen LogP contribution in [0.15, 0.2) is 0 Å². The van der Waals surface area contributed by atoms with E-state index < -0.39 is 0 Å². The van der Waals surface area contributed by atoms with E-state index in [1.807, 2.05) is 7.05 Å². The molecule has 0 atom stereocenters. The molecule has 0 aliphatic rings.